The second kappa shape index (κ2) is 5.30. The molecule has 3 rings (SSSR count). The summed E-state index contributed by atoms with van der Waals surface area (Å²) in [5, 5.41) is 9.47. The van der Waals surface area contributed by atoms with E-state index in [0.717, 1.165) is 23.7 Å². The summed E-state index contributed by atoms with van der Waals surface area (Å²) < 4.78 is 1.25. The minimum absolute atomic E-state index is 0.0665. The molecule has 0 spiro atoms. The number of hydrogen-bond donors (Lipinski definition) is 2. The van der Waals surface area contributed by atoms with Crippen LogP contribution < -0.4 is 10.6 Å². The molecule has 1 fully saturated rings. The maximum atomic E-state index is 12.1. The standard InChI is InChI=1S/C13H14N2OS2/c16-13(11-8-17-6-4-14-11)15-10-1-2-12-9(7-10)3-5-18-12/h1-3,5,7,11,14H,4,6,8H2,(H,15,16). The van der Waals surface area contributed by atoms with Gasteiger partial charge < -0.3 is 10.6 Å². The third-order valence-corrected chi connectivity index (χ3v) is 4.92. The summed E-state index contributed by atoms with van der Waals surface area (Å²) in [4.78, 5) is 12.1. The van der Waals surface area contributed by atoms with Gasteiger partial charge in [-0.1, -0.05) is 0 Å². The highest BCUT2D eigenvalue weighted by molar-refractivity contribution is 7.99. The highest BCUT2D eigenvalue weighted by atomic mass is 32.2. The van der Waals surface area contributed by atoms with Gasteiger partial charge in [-0.25, -0.2) is 0 Å². The van der Waals surface area contributed by atoms with Crippen molar-refractivity contribution in [3.63, 3.8) is 0 Å². The lowest BCUT2D eigenvalue weighted by Crippen LogP contribution is -2.46. The van der Waals surface area contributed by atoms with Crippen LogP contribution in [-0.4, -0.2) is 30.0 Å². The summed E-state index contributed by atoms with van der Waals surface area (Å²) in [5.41, 5.74) is 0.878. The molecule has 1 unspecified atom stereocenters. The molecular formula is C13H14N2OS2. The lowest BCUT2D eigenvalue weighted by Gasteiger charge is -2.22. The Hall–Kier alpha value is -1.04. The van der Waals surface area contributed by atoms with E-state index >= 15 is 0 Å². The largest absolute Gasteiger partial charge is 0.325 e. The number of benzene rings is 1. The van der Waals surface area contributed by atoms with E-state index in [-0.39, 0.29) is 11.9 Å². The molecule has 1 saturated heterocycles. The summed E-state index contributed by atoms with van der Waals surface area (Å²) in [5.74, 6) is 2.01. The van der Waals surface area contributed by atoms with Crippen LogP contribution in [0.4, 0.5) is 5.69 Å². The fourth-order valence-corrected chi connectivity index (χ4v) is 3.71. The van der Waals surface area contributed by atoms with Crippen LogP contribution in [0.25, 0.3) is 10.1 Å². The van der Waals surface area contributed by atoms with Crippen molar-refractivity contribution in [1.29, 1.82) is 0 Å². The summed E-state index contributed by atoms with van der Waals surface area (Å²) in [7, 11) is 0. The fraction of sp³-hybridized carbons (Fsp3) is 0.308. The van der Waals surface area contributed by atoms with Crippen molar-refractivity contribution in [2.24, 2.45) is 0 Å². The molecule has 0 saturated carbocycles. The van der Waals surface area contributed by atoms with Crippen LogP contribution in [0.15, 0.2) is 29.6 Å². The molecule has 1 aliphatic rings. The lowest BCUT2D eigenvalue weighted by molar-refractivity contribution is -0.117. The van der Waals surface area contributed by atoms with E-state index in [4.69, 9.17) is 0 Å². The van der Waals surface area contributed by atoms with Crippen LogP contribution in [0, 0.1) is 0 Å². The SMILES string of the molecule is O=C(Nc1ccc2sccc2c1)C1CSCCN1. The highest BCUT2D eigenvalue weighted by Crippen LogP contribution is 2.24. The molecule has 5 heteroatoms. The molecule has 1 aromatic heterocycles. The summed E-state index contributed by atoms with van der Waals surface area (Å²) in [6, 6.07) is 8.05. The van der Waals surface area contributed by atoms with E-state index in [1.54, 1.807) is 11.3 Å². The van der Waals surface area contributed by atoms with E-state index in [1.165, 1.54) is 10.1 Å². The predicted molar refractivity (Wildman–Crippen MR) is 79.6 cm³/mol. The molecule has 2 aromatic rings. The van der Waals surface area contributed by atoms with Crippen molar-refractivity contribution in [1.82, 2.24) is 5.32 Å². The first-order chi connectivity index (χ1) is 8.83. The minimum Gasteiger partial charge on any atom is -0.325 e. The summed E-state index contributed by atoms with van der Waals surface area (Å²) >= 11 is 3.54. The van der Waals surface area contributed by atoms with Crippen LogP contribution in [0.3, 0.4) is 0 Å². The topological polar surface area (TPSA) is 41.1 Å². The molecule has 1 aliphatic heterocycles. The first kappa shape index (κ1) is 12.0. The van der Waals surface area contributed by atoms with Gasteiger partial charge >= 0.3 is 0 Å². The molecule has 0 aliphatic carbocycles. The smallest absolute Gasteiger partial charge is 0.242 e. The number of carbonyl (C=O) groups is 1. The van der Waals surface area contributed by atoms with E-state index < -0.39 is 0 Å². The van der Waals surface area contributed by atoms with E-state index in [9.17, 15) is 4.79 Å². The van der Waals surface area contributed by atoms with Gasteiger partial charge in [0.15, 0.2) is 0 Å². The Morgan fingerprint density at radius 1 is 1.39 bits per heavy atom. The third-order valence-electron chi connectivity index (χ3n) is 2.96. The van der Waals surface area contributed by atoms with Crippen LogP contribution >= 0.6 is 23.1 Å². The zero-order valence-electron chi connectivity index (χ0n) is 9.81. The number of nitrogens with one attached hydrogen (secondary N) is 2. The molecule has 1 atom stereocenters. The quantitative estimate of drug-likeness (QED) is 0.887. The van der Waals surface area contributed by atoms with E-state index in [1.807, 2.05) is 23.9 Å². The van der Waals surface area contributed by atoms with Gasteiger partial charge in [-0.2, -0.15) is 11.8 Å². The maximum absolute atomic E-state index is 12.1. The van der Waals surface area contributed by atoms with Gasteiger partial charge in [0, 0.05) is 28.4 Å². The van der Waals surface area contributed by atoms with Gasteiger partial charge in [0.25, 0.3) is 0 Å². The number of anilines is 1. The maximum Gasteiger partial charge on any atom is 0.242 e. The summed E-state index contributed by atoms with van der Waals surface area (Å²) in [6.07, 6.45) is 0. The van der Waals surface area contributed by atoms with E-state index in [0.29, 0.717) is 0 Å². The molecular weight excluding hydrogens is 264 g/mol. The molecule has 0 bridgehead atoms. The Morgan fingerprint density at radius 2 is 2.33 bits per heavy atom. The molecule has 1 amide bonds. The van der Waals surface area contributed by atoms with Crippen LogP contribution in [0.5, 0.6) is 0 Å². The Labute approximate surface area is 114 Å². The number of carbonyl (C=O) groups excluding carboxylic acids is 1. The van der Waals surface area contributed by atoms with Crippen molar-refractivity contribution < 1.29 is 4.79 Å². The van der Waals surface area contributed by atoms with Crippen molar-refractivity contribution >= 4 is 44.8 Å². The second-order valence-corrected chi connectivity index (χ2v) is 6.34. The number of hydrogen-bond acceptors (Lipinski definition) is 4. The normalized spacial score (nSPS) is 19.9. The first-order valence-electron chi connectivity index (χ1n) is 5.92. The van der Waals surface area contributed by atoms with Gasteiger partial charge in [-0.05, 0) is 35.0 Å². The molecule has 94 valence electrons. The monoisotopic (exact) mass is 278 g/mol. The first-order valence-corrected chi connectivity index (χ1v) is 7.95. The van der Waals surface area contributed by atoms with Gasteiger partial charge in [0.05, 0.1) is 6.04 Å². The second-order valence-electron chi connectivity index (χ2n) is 4.24. The molecule has 1 aromatic carbocycles. The van der Waals surface area contributed by atoms with Gasteiger partial charge in [-0.15, -0.1) is 11.3 Å². The number of thiophene rings is 1. The van der Waals surface area contributed by atoms with Crippen LogP contribution in [0.2, 0.25) is 0 Å². The highest BCUT2D eigenvalue weighted by Gasteiger charge is 2.20. The van der Waals surface area contributed by atoms with Crippen molar-refractivity contribution in [2.75, 3.05) is 23.4 Å². The Morgan fingerprint density at radius 3 is 3.17 bits per heavy atom. The fourth-order valence-electron chi connectivity index (χ4n) is 2.01. The molecule has 2 heterocycles. The Kier molecular flexibility index (Phi) is 3.54. The molecule has 18 heavy (non-hydrogen) atoms. The van der Waals surface area contributed by atoms with Crippen molar-refractivity contribution in [3.05, 3.63) is 29.6 Å². The lowest BCUT2D eigenvalue weighted by atomic mass is 10.2. The molecule has 3 nitrogen and oxygen atoms in total. The Bertz CT molecular complexity index is 561. The molecule has 0 radical (unpaired) electrons. The number of rotatable bonds is 2. The van der Waals surface area contributed by atoms with Crippen LogP contribution in [-0.2, 0) is 4.79 Å². The Balaban J connectivity index is 1.72. The van der Waals surface area contributed by atoms with Crippen molar-refractivity contribution in [2.45, 2.75) is 6.04 Å². The van der Waals surface area contributed by atoms with Gasteiger partial charge in [0.1, 0.15) is 0 Å². The van der Waals surface area contributed by atoms with Gasteiger partial charge in [0.2, 0.25) is 5.91 Å². The van der Waals surface area contributed by atoms with Crippen molar-refractivity contribution in [3.8, 4) is 0 Å². The average molecular weight is 278 g/mol. The predicted octanol–water partition coefficient (Wildman–Crippen LogP) is 2.54. The minimum atomic E-state index is -0.0677. The number of amides is 1. The third kappa shape index (κ3) is 2.53. The summed E-state index contributed by atoms with van der Waals surface area (Å²) in [6.45, 7) is 0.909. The zero-order valence-corrected chi connectivity index (χ0v) is 11.4. The number of thioether (sulfide) groups is 1. The molecule has 2 N–H and O–H groups in total. The van der Waals surface area contributed by atoms with Crippen LogP contribution in [0.1, 0.15) is 0 Å². The van der Waals surface area contributed by atoms with Gasteiger partial charge in [-0.3, -0.25) is 4.79 Å². The average Bonchev–Trinajstić information content (AvgIpc) is 2.87. The zero-order chi connectivity index (χ0) is 12.4. The number of fused-ring (bicyclic) bond motifs is 1. The van der Waals surface area contributed by atoms with E-state index in [2.05, 4.69) is 28.1 Å².